The summed E-state index contributed by atoms with van der Waals surface area (Å²) < 4.78 is 17.1. The van der Waals surface area contributed by atoms with Gasteiger partial charge in [0.05, 0.1) is 13.7 Å². The third-order valence-electron chi connectivity index (χ3n) is 3.79. The fourth-order valence-corrected chi connectivity index (χ4v) is 2.34. The van der Waals surface area contributed by atoms with Crippen molar-refractivity contribution in [2.75, 3.05) is 32.8 Å². The van der Waals surface area contributed by atoms with Gasteiger partial charge in [-0.05, 0) is 24.6 Å². The molecule has 0 bridgehead atoms. The lowest BCUT2D eigenvalue weighted by molar-refractivity contribution is 0.101. The van der Waals surface area contributed by atoms with Crippen molar-refractivity contribution in [1.82, 2.24) is 9.78 Å². The van der Waals surface area contributed by atoms with Crippen LogP contribution < -0.4 is 20.3 Å². The molecule has 2 rings (SSSR count). The van der Waals surface area contributed by atoms with E-state index in [1.54, 1.807) is 32.4 Å². The van der Waals surface area contributed by atoms with Crippen molar-refractivity contribution < 1.29 is 19.0 Å². The standard InChI is InChI=1S/C19H25N3O5/c1-4-5-10-22-18(23)9-7-15(21-22)19(24)20-14-6-8-16(26-3)17(13-14)27-12-11-25-2/h6-9,13H,4-5,10-12H2,1-3H3,(H,20,24). The number of nitrogens with zero attached hydrogens (tertiary/aromatic N) is 2. The first-order valence-electron chi connectivity index (χ1n) is 8.78. The molecule has 8 heteroatoms. The Kier molecular flexibility index (Phi) is 7.81. The molecule has 0 aliphatic rings. The number of unbranched alkanes of at least 4 members (excludes halogenated alkanes) is 1. The van der Waals surface area contributed by atoms with Crippen LogP contribution in [0.3, 0.4) is 0 Å². The number of aromatic nitrogens is 2. The van der Waals surface area contributed by atoms with Crippen LogP contribution in [0, 0.1) is 0 Å². The lowest BCUT2D eigenvalue weighted by Gasteiger charge is -2.13. The van der Waals surface area contributed by atoms with E-state index in [-0.39, 0.29) is 11.3 Å². The number of hydrogen-bond donors (Lipinski definition) is 1. The average Bonchev–Trinajstić information content (AvgIpc) is 2.67. The molecule has 1 aromatic heterocycles. The SMILES string of the molecule is CCCCn1nc(C(=O)Nc2ccc(OC)c(OCCOC)c2)ccc1=O. The fraction of sp³-hybridized carbons (Fsp3) is 0.421. The molecule has 1 amide bonds. The summed E-state index contributed by atoms with van der Waals surface area (Å²) in [7, 11) is 3.13. The van der Waals surface area contributed by atoms with Crippen LogP contribution in [-0.4, -0.2) is 43.1 Å². The van der Waals surface area contributed by atoms with Crippen LogP contribution in [0.25, 0.3) is 0 Å². The summed E-state index contributed by atoms with van der Waals surface area (Å²) in [6.45, 7) is 3.30. The van der Waals surface area contributed by atoms with E-state index < -0.39 is 5.91 Å². The van der Waals surface area contributed by atoms with E-state index in [1.807, 2.05) is 6.92 Å². The third kappa shape index (κ3) is 5.82. The topological polar surface area (TPSA) is 91.7 Å². The summed E-state index contributed by atoms with van der Waals surface area (Å²) in [5.41, 5.74) is 0.475. The molecule has 0 aliphatic carbocycles. The van der Waals surface area contributed by atoms with Gasteiger partial charge in [0, 0.05) is 31.5 Å². The average molecular weight is 375 g/mol. The molecule has 0 unspecified atom stereocenters. The summed E-state index contributed by atoms with van der Waals surface area (Å²) in [6.07, 6.45) is 1.75. The van der Waals surface area contributed by atoms with E-state index in [0.29, 0.717) is 36.9 Å². The van der Waals surface area contributed by atoms with Gasteiger partial charge in [-0.2, -0.15) is 5.10 Å². The highest BCUT2D eigenvalue weighted by molar-refractivity contribution is 6.02. The number of carbonyl (C=O) groups is 1. The Morgan fingerprint density at radius 1 is 1.15 bits per heavy atom. The molecule has 1 heterocycles. The van der Waals surface area contributed by atoms with E-state index in [0.717, 1.165) is 12.8 Å². The molecule has 0 atom stereocenters. The highest BCUT2D eigenvalue weighted by Gasteiger charge is 2.12. The zero-order valence-corrected chi connectivity index (χ0v) is 15.9. The molecule has 0 fully saturated rings. The van der Waals surface area contributed by atoms with Crippen LogP contribution in [-0.2, 0) is 11.3 Å². The quantitative estimate of drug-likeness (QED) is 0.641. The number of anilines is 1. The molecule has 0 saturated heterocycles. The number of methoxy groups -OCH3 is 2. The van der Waals surface area contributed by atoms with Crippen molar-refractivity contribution >= 4 is 11.6 Å². The molecule has 0 radical (unpaired) electrons. The predicted octanol–water partition coefficient (Wildman–Crippen LogP) is 2.33. The first kappa shape index (κ1) is 20.4. The molecule has 0 spiro atoms. The van der Waals surface area contributed by atoms with Crippen molar-refractivity contribution in [2.45, 2.75) is 26.3 Å². The maximum atomic E-state index is 12.5. The van der Waals surface area contributed by atoms with E-state index >= 15 is 0 Å². The van der Waals surface area contributed by atoms with Crippen molar-refractivity contribution in [2.24, 2.45) is 0 Å². The minimum atomic E-state index is -0.409. The maximum Gasteiger partial charge on any atom is 0.276 e. The molecule has 8 nitrogen and oxygen atoms in total. The Labute approximate surface area is 158 Å². The smallest absolute Gasteiger partial charge is 0.276 e. The fourth-order valence-electron chi connectivity index (χ4n) is 2.34. The number of amides is 1. The van der Waals surface area contributed by atoms with Crippen LogP contribution in [0.4, 0.5) is 5.69 Å². The Morgan fingerprint density at radius 2 is 1.96 bits per heavy atom. The Balaban J connectivity index is 2.15. The molecule has 0 aliphatic heterocycles. The molecule has 146 valence electrons. The first-order valence-corrected chi connectivity index (χ1v) is 8.78. The normalized spacial score (nSPS) is 10.5. The van der Waals surface area contributed by atoms with Crippen molar-refractivity contribution in [1.29, 1.82) is 0 Å². The van der Waals surface area contributed by atoms with E-state index in [4.69, 9.17) is 14.2 Å². The zero-order chi connectivity index (χ0) is 19.6. The van der Waals surface area contributed by atoms with Crippen LogP contribution >= 0.6 is 0 Å². The van der Waals surface area contributed by atoms with Gasteiger partial charge in [0.1, 0.15) is 12.3 Å². The summed E-state index contributed by atoms with van der Waals surface area (Å²) in [6, 6.07) is 7.84. The van der Waals surface area contributed by atoms with Crippen molar-refractivity contribution in [3.8, 4) is 11.5 Å². The second-order valence-electron chi connectivity index (χ2n) is 5.79. The highest BCUT2D eigenvalue weighted by atomic mass is 16.5. The third-order valence-corrected chi connectivity index (χ3v) is 3.79. The Hall–Kier alpha value is -2.87. The van der Waals surface area contributed by atoms with E-state index in [9.17, 15) is 9.59 Å². The van der Waals surface area contributed by atoms with Gasteiger partial charge in [0.25, 0.3) is 11.5 Å². The molecule has 0 saturated carbocycles. The van der Waals surface area contributed by atoms with Gasteiger partial charge < -0.3 is 19.5 Å². The number of carbonyl (C=O) groups excluding carboxylic acids is 1. The van der Waals surface area contributed by atoms with Crippen LogP contribution in [0.15, 0.2) is 35.1 Å². The van der Waals surface area contributed by atoms with Gasteiger partial charge in [-0.1, -0.05) is 13.3 Å². The molecule has 1 N–H and O–H groups in total. The Morgan fingerprint density at radius 3 is 2.67 bits per heavy atom. The number of aryl methyl sites for hydroxylation is 1. The largest absolute Gasteiger partial charge is 0.493 e. The number of nitrogens with one attached hydrogen (secondary N) is 1. The monoisotopic (exact) mass is 375 g/mol. The lowest BCUT2D eigenvalue weighted by Crippen LogP contribution is -2.26. The van der Waals surface area contributed by atoms with Gasteiger partial charge in [-0.25, -0.2) is 4.68 Å². The summed E-state index contributed by atoms with van der Waals surface area (Å²) in [5.74, 6) is 0.636. The van der Waals surface area contributed by atoms with E-state index in [2.05, 4.69) is 10.4 Å². The van der Waals surface area contributed by atoms with Crippen LogP contribution in [0.5, 0.6) is 11.5 Å². The van der Waals surface area contributed by atoms with Crippen molar-refractivity contribution in [3.63, 3.8) is 0 Å². The van der Waals surface area contributed by atoms with Gasteiger partial charge in [-0.3, -0.25) is 9.59 Å². The second kappa shape index (κ2) is 10.3. The van der Waals surface area contributed by atoms with Crippen LogP contribution in [0.1, 0.15) is 30.3 Å². The van der Waals surface area contributed by atoms with Gasteiger partial charge >= 0.3 is 0 Å². The zero-order valence-electron chi connectivity index (χ0n) is 15.9. The summed E-state index contributed by atoms with van der Waals surface area (Å²) in [4.78, 5) is 24.3. The molecule has 2 aromatic rings. The molecular formula is C19H25N3O5. The van der Waals surface area contributed by atoms with Crippen LogP contribution in [0.2, 0.25) is 0 Å². The van der Waals surface area contributed by atoms with Gasteiger partial charge in [0.2, 0.25) is 0 Å². The lowest BCUT2D eigenvalue weighted by atomic mass is 10.2. The first-order chi connectivity index (χ1) is 13.1. The molecule has 1 aromatic carbocycles. The maximum absolute atomic E-state index is 12.5. The number of hydrogen-bond acceptors (Lipinski definition) is 6. The minimum Gasteiger partial charge on any atom is -0.493 e. The highest BCUT2D eigenvalue weighted by Crippen LogP contribution is 2.30. The van der Waals surface area contributed by atoms with Gasteiger partial charge in [-0.15, -0.1) is 0 Å². The summed E-state index contributed by atoms with van der Waals surface area (Å²) >= 11 is 0. The second-order valence-corrected chi connectivity index (χ2v) is 5.79. The summed E-state index contributed by atoms with van der Waals surface area (Å²) in [5, 5.41) is 6.90. The number of benzene rings is 1. The molecule has 27 heavy (non-hydrogen) atoms. The Bertz CT molecular complexity index is 819. The number of ether oxygens (including phenoxy) is 3. The molecular weight excluding hydrogens is 350 g/mol. The van der Waals surface area contributed by atoms with Gasteiger partial charge in [0.15, 0.2) is 11.5 Å². The van der Waals surface area contributed by atoms with E-state index in [1.165, 1.54) is 16.8 Å². The van der Waals surface area contributed by atoms with Crippen molar-refractivity contribution in [3.05, 3.63) is 46.4 Å². The minimum absolute atomic E-state index is 0.170. The predicted molar refractivity (Wildman–Crippen MR) is 102 cm³/mol. The number of rotatable bonds is 10.